The van der Waals surface area contributed by atoms with E-state index in [4.69, 9.17) is 4.74 Å². The molecule has 0 N–H and O–H groups in total. The van der Waals surface area contributed by atoms with E-state index in [0.29, 0.717) is 10.6 Å². The maximum atomic E-state index is 12.5. The largest absolute Gasteiger partial charge is 0.431 e. The van der Waals surface area contributed by atoms with E-state index in [-0.39, 0.29) is 12.4 Å². The molecule has 1 aliphatic rings. The van der Waals surface area contributed by atoms with Gasteiger partial charge in [0.2, 0.25) is 0 Å². The zero-order valence-corrected chi connectivity index (χ0v) is 7.01. The van der Waals surface area contributed by atoms with Gasteiger partial charge < -0.3 is 4.74 Å². The minimum Gasteiger partial charge on any atom is -0.431 e. The van der Waals surface area contributed by atoms with Crippen molar-refractivity contribution in [1.29, 1.82) is 0 Å². The second kappa shape index (κ2) is 2.34. The molecule has 1 aromatic rings. The SMILES string of the molecule is FC1=COc2nc(Br)cn2C1. The number of nitrogens with zero attached hydrogens (tertiary/aromatic N) is 2. The highest BCUT2D eigenvalue weighted by Crippen LogP contribution is 2.21. The summed E-state index contributed by atoms with van der Waals surface area (Å²) in [6, 6.07) is 0.415. The van der Waals surface area contributed by atoms with Gasteiger partial charge >= 0.3 is 6.01 Å². The molecule has 2 rings (SSSR count). The van der Waals surface area contributed by atoms with Gasteiger partial charge in [-0.25, -0.2) is 4.39 Å². The first-order chi connectivity index (χ1) is 5.25. The molecular weight excluding hydrogens is 215 g/mol. The molecule has 3 nitrogen and oxygen atoms in total. The smallest absolute Gasteiger partial charge is 0.302 e. The topological polar surface area (TPSA) is 27.1 Å². The van der Waals surface area contributed by atoms with Crippen LogP contribution in [0.4, 0.5) is 4.39 Å². The van der Waals surface area contributed by atoms with Crippen LogP contribution < -0.4 is 4.74 Å². The number of rotatable bonds is 0. The summed E-state index contributed by atoms with van der Waals surface area (Å²) in [6.45, 7) is 0.202. The minimum absolute atomic E-state index is 0.202. The molecule has 0 radical (unpaired) electrons. The molecule has 0 bridgehead atoms. The van der Waals surface area contributed by atoms with Gasteiger partial charge in [0.15, 0.2) is 5.83 Å². The lowest BCUT2D eigenvalue weighted by Crippen LogP contribution is -2.06. The van der Waals surface area contributed by atoms with Crippen LogP contribution in [0.1, 0.15) is 0 Å². The highest BCUT2D eigenvalue weighted by molar-refractivity contribution is 9.10. The summed E-state index contributed by atoms with van der Waals surface area (Å²) >= 11 is 3.15. The molecule has 11 heavy (non-hydrogen) atoms. The molecule has 0 saturated heterocycles. The van der Waals surface area contributed by atoms with E-state index in [1.807, 2.05) is 0 Å². The Kier molecular flexibility index (Phi) is 1.45. The number of allylic oxidation sites excluding steroid dienone is 1. The molecule has 58 valence electrons. The molecule has 1 aromatic heterocycles. The van der Waals surface area contributed by atoms with Gasteiger partial charge in [0.1, 0.15) is 10.9 Å². The molecule has 0 unspecified atom stereocenters. The second-order valence-corrected chi connectivity index (χ2v) is 2.97. The lowest BCUT2D eigenvalue weighted by molar-refractivity contribution is 0.351. The number of fused-ring (bicyclic) bond motifs is 1. The van der Waals surface area contributed by atoms with Gasteiger partial charge in [0.25, 0.3) is 0 Å². The number of hydrogen-bond donors (Lipinski definition) is 0. The molecule has 0 fully saturated rings. The van der Waals surface area contributed by atoms with Crippen molar-refractivity contribution in [2.24, 2.45) is 0 Å². The summed E-state index contributed by atoms with van der Waals surface area (Å²) in [5, 5.41) is 0. The maximum absolute atomic E-state index is 12.5. The molecule has 0 spiro atoms. The summed E-state index contributed by atoms with van der Waals surface area (Å²) in [5.41, 5.74) is 0. The Morgan fingerprint density at radius 3 is 3.36 bits per heavy atom. The van der Waals surface area contributed by atoms with Gasteiger partial charge in [-0.2, -0.15) is 4.98 Å². The first kappa shape index (κ1) is 6.84. The Bertz CT molecular complexity index is 320. The van der Waals surface area contributed by atoms with Crippen molar-refractivity contribution in [1.82, 2.24) is 9.55 Å². The molecule has 0 atom stereocenters. The summed E-state index contributed by atoms with van der Waals surface area (Å²) in [4.78, 5) is 3.93. The molecule has 1 aliphatic heterocycles. The van der Waals surface area contributed by atoms with Crippen molar-refractivity contribution in [3.05, 3.63) is 22.9 Å². The number of ether oxygens (including phenoxy) is 1. The maximum Gasteiger partial charge on any atom is 0.302 e. The van der Waals surface area contributed by atoms with Crippen molar-refractivity contribution < 1.29 is 9.13 Å². The molecule has 2 heterocycles. The zero-order chi connectivity index (χ0) is 7.84. The fourth-order valence-corrected chi connectivity index (χ4v) is 1.29. The first-order valence-electron chi connectivity index (χ1n) is 2.99. The van der Waals surface area contributed by atoms with E-state index in [2.05, 4.69) is 20.9 Å². The monoisotopic (exact) mass is 218 g/mol. The van der Waals surface area contributed by atoms with Crippen LogP contribution in [0.2, 0.25) is 0 Å². The van der Waals surface area contributed by atoms with Crippen molar-refractivity contribution in [2.75, 3.05) is 0 Å². The van der Waals surface area contributed by atoms with Crippen LogP contribution in [-0.4, -0.2) is 9.55 Å². The van der Waals surface area contributed by atoms with Crippen molar-refractivity contribution >= 4 is 15.9 Å². The third kappa shape index (κ3) is 1.16. The second-order valence-electron chi connectivity index (χ2n) is 2.16. The van der Waals surface area contributed by atoms with Gasteiger partial charge in [0.05, 0.1) is 6.54 Å². The van der Waals surface area contributed by atoms with Gasteiger partial charge in [-0.3, -0.25) is 4.57 Å². The highest BCUT2D eigenvalue weighted by atomic mass is 79.9. The fraction of sp³-hybridized carbons (Fsp3) is 0.167. The van der Waals surface area contributed by atoms with E-state index < -0.39 is 0 Å². The standard InChI is InChI=1S/C6H4BrFN2O/c7-5-2-10-1-4(8)3-11-6(10)9-5/h2-3H,1H2. The number of halogens is 2. The predicted molar refractivity (Wildman–Crippen MR) is 39.7 cm³/mol. The summed E-state index contributed by atoms with van der Waals surface area (Å²) in [7, 11) is 0. The van der Waals surface area contributed by atoms with Gasteiger partial charge in [-0.05, 0) is 15.9 Å². The Balaban J connectivity index is 2.40. The Morgan fingerprint density at radius 1 is 1.73 bits per heavy atom. The minimum atomic E-state index is -0.303. The first-order valence-corrected chi connectivity index (χ1v) is 3.79. The van der Waals surface area contributed by atoms with Crippen molar-refractivity contribution in [3.63, 3.8) is 0 Å². The van der Waals surface area contributed by atoms with Crippen LogP contribution in [0.5, 0.6) is 6.01 Å². The molecular formula is C6H4BrFN2O. The van der Waals surface area contributed by atoms with E-state index in [1.54, 1.807) is 10.8 Å². The number of hydrogen-bond acceptors (Lipinski definition) is 2. The molecule has 0 amide bonds. The Hall–Kier alpha value is -0.840. The van der Waals surface area contributed by atoms with Crippen LogP contribution in [0, 0.1) is 0 Å². The summed E-state index contributed by atoms with van der Waals surface area (Å²) in [5.74, 6) is -0.303. The van der Waals surface area contributed by atoms with Crippen LogP contribution in [-0.2, 0) is 6.54 Å². The molecule has 0 aromatic carbocycles. The van der Waals surface area contributed by atoms with Crippen molar-refractivity contribution in [2.45, 2.75) is 6.54 Å². The van der Waals surface area contributed by atoms with Crippen LogP contribution in [0.15, 0.2) is 22.9 Å². The predicted octanol–water partition coefficient (Wildman–Crippen LogP) is 1.85. The fourth-order valence-electron chi connectivity index (χ4n) is 0.892. The normalized spacial score (nSPS) is 15.3. The van der Waals surface area contributed by atoms with Gasteiger partial charge in [0, 0.05) is 6.20 Å². The Morgan fingerprint density at radius 2 is 2.55 bits per heavy atom. The number of imidazole rings is 1. The number of aromatic nitrogens is 2. The summed E-state index contributed by atoms with van der Waals surface area (Å²) in [6.07, 6.45) is 2.73. The van der Waals surface area contributed by atoms with Crippen LogP contribution >= 0.6 is 15.9 Å². The molecule has 5 heteroatoms. The average Bonchev–Trinajstić information content (AvgIpc) is 2.27. The van der Waals surface area contributed by atoms with Crippen molar-refractivity contribution in [3.8, 4) is 6.01 Å². The van der Waals surface area contributed by atoms with E-state index >= 15 is 0 Å². The highest BCUT2D eigenvalue weighted by Gasteiger charge is 2.13. The van der Waals surface area contributed by atoms with Gasteiger partial charge in [-0.15, -0.1) is 0 Å². The van der Waals surface area contributed by atoms with Crippen LogP contribution in [0.25, 0.3) is 0 Å². The van der Waals surface area contributed by atoms with E-state index in [0.717, 1.165) is 6.26 Å². The zero-order valence-electron chi connectivity index (χ0n) is 5.42. The lowest BCUT2D eigenvalue weighted by Gasteiger charge is -2.09. The van der Waals surface area contributed by atoms with E-state index in [9.17, 15) is 4.39 Å². The third-order valence-electron chi connectivity index (χ3n) is 1.32. The Labute approximate surface area is 70.6 Å². The molecule has 0 saturated carbocycles. The average molecular weight is 219 g/mol. The van der Waals surface area contributed by atoms with Gasteiger partial charge in [-0.1, -0.05) is 0 Å². The quantitative estimate of drug-likeness (QED) is 0.665. The lowest BCUT2D eigenvalue weighted by atomic mass is 10.5. The summed E-state index contributed by atoms with van der Waals surface area (Å²) < 4.78 is 19.6. The van der Waals surface area contributed by atoms with Crippen LogP contribution in [0.3, 0.4) is 0 Å². The van der Waals surface area contributed by atoms with E-state index in [1.165, 1.54) is 0 Å². The molecule has 0 aliphatic carbocycles. The third-order valence-corrected chi connectivity index (χ3v) is 1.71.